The number of hydrogen-bond acceptors (Lipinski definition) is 0. The first-order valence-corrected chi connectivity index (χ1v) is 30.7. The molecule has 4 aromatic rings. The van der Waals surface area contributed by atoms with E-state index >= 15 is 0 Å². The Hall–Kier alpha value is -2.23. The molecule has 0 N–H and O–H groups in total. The van der Waals surface area contributed by atoms with E-state index in [0.29, 0.717) is 0 Å². The normalized spacial score (nSPS) is 14.0. The maximum absolute atomic E-state index is 2.66. The number of hydrogen-bond donors (Lipinski definition) is 0. The summed E-state index contributed by atoms with van der Waals surface area (Å²) in [6.07, 6.45) is 0. The summed E-state index contributed by atoms with van der Waals surface area (Å²) in [6.45, 7) is 20.8. The zero-order valence-corrected chi connectivity index (χ0v) is 32.1. The molecule has 0 bridgehead atoms. The van der Waals surface area contributed by atoms with E-state index in [2.05, 4.69) is 174 Å². The molecule has 0 saturated carbocycles. The molecule has 5 heteroatoms. The summed E-state index contributed by atoms with van der Waals surface area (Å²) < 4.78 is 3.05. The van der Waals surface area contributed by atoms with Gasteiger partial charge in [-0.05, 0) is 0 Å². The molecule has 0 saturated heterocycles. The van der Waals surface area contributed by atoms with Gasteiger partial charge in [-0.1, -0.05) is 52.4 Å². The van der Waals surface area contributed by atoms with E-state index in [1.807, 2.05) is 0 Å². The maximum atomic E-state index is 2.66. The second-order valence-electron chi connectivity index (χ2n) is 12.3. The monoisotopic (exact) mass is 662 g/mol. The minimum absolute atomic E-state index is 0.0136. The molecule has 0 unspecified atom stereocenters. The van der Waals surface area contributed by atoms with Gasteiger partial charge in [0.1, 0.15) is 0 Å². The van der Waals surface area contributed by atoms with E-state index in [-0.39, 0.29) is 16.6 Å². The van der Waals surface area contributed by atoms with Crippen LogP contribution in [0.2, 0.25) is 52.4 Å². The van der Waals surface area contributed by atoms with E-state index in [1.165, 1.54) is 42.2 Å². The summed E-state index contributed by atoms with van der Waals surface area (Å²) in [5.74, 6) is 0. The first kappa shape index (κ1) is 31.7. The van der Waals surface area contributed by atoms with Crippen LogP contribution in [0.3, 0.4) is 0 Å². The Kier molecular flexibility index (Phi) is 10.7. The van der Waals surface area contributed by atoms with Crippen molar-refractivity contribution in [2.24, 2.45) is 0 Å². The molecule has 0 spiro atoms. The van der Waals surface area contributed by atoms with Crippen LogP contribution in [-0.4, -0.2) is 46.3 Å². The van der Waals surface area contributed by atoms with Crippen molar-refractivity contribution in [2.45, 2.75) is 52.4 Å². The molecule has 1 heterocycles. The van der Waals surface area contributed by atoms with Gasteiger partial charge in [0.05, 0.1) is 0 Å². The van der Waals surface area contributed by atoms with Crippen molar-refractivity contribution in [3.05, 3.63) is 144 Å². The van der Waals surface area contributed by atoms with Crippen molar-refractivity contribution < 1.29 is 0 Å². The van der Waals surface area contributed by atoms with Gasteiger partial charge in [0.15, 0.2) is 0 Å². The Morgan fingerprint density at radius 1 is 0.390 bits per heavy atom. The second-order valence-corrected chi connectivity index (χ2v) is 49.5. The Morgan fingerprint density at radius 3 is 0.878 bits per heavy atom. The van der Waals surface area contributed by atoms with Crippen LogP contribution in [0, 0.1) is 0 Å². The van der Waals surface area contributed by atoms with Gasteiger partial charge in [-0.3, -0.25) is 0 Å². The van der Waals surface area contributed by atoms with Crippen LogP contribution < -0.4 is 0 Å². The standard InChI is InChI=1S/C28H20Ge.C8H24Si4/c1-5-13-21(14-6-1)25-26(22-15-7-2-8-16-22)28(24-19-11-4-12-20-24)29-27(25)23-17-9-3-10-18-23;1-9(2)11(5,6)12(7,8)10(3)4/h1-20H;1-8H3. The molecule has 0 amide bonds. The van der Waals surface area contributed by atoms with Crippen LogP contribution in [-0.2, 0) is 0 Å². The van der Waals surface area contributed by atoms with Gasteiger partial charge in [-0.25, -0.2) is 0 Å². The van der Waals surface area contributed by atoms with E-state index in [9.17, 15) is 0 Å². The molecule has 0 aromatic heterocycles. The summed E-state index contributed by atoms with van der Waals surface area (Å²) in [7, 11) is -1.54. The fourth-order valence-corrected chi connectivity index (χ4v) is 54.7. The Morgan fingerprint density at radius 2 is 0.634 bits per heavy atom. The van der Waals surface area contributed by atoms with Crippen molar-refractivity contribution in [2.75, 3.05) is 0 Å². The van der Waals surface area contributed by atoms with Crippen LogP contribution in [0.1, 0.15) is 22.3 Å². The molecule has 5 rings (SSSR count). The Balaban J connectivity index is 0.000000275. The molecule has 4 radical (unpaired) electrons. The topological polar surface area (TPSA) is 0 Å². The molecular weight excluding hydrogens is 617 g/mol. The third-order valence-corrected chi connectivity index (χ3v) is 67.6. The first-order chi connectivity index (χ1) is 19.6. The van der Waals surface area contributed by atoms with Crippen molar-refractivity contribution in [1.82, 2.24) is 0 Å². The van der Waals surface area contributed by atoms with E-state index < -0.39 is 29.6 Å². The molecule has 0 atom stereocenters. The van der Waals surface area contributed by atoms with Crippen LogP contribution in [0.15, 0.2) is 121 Å². The van der Waals surface area contributed by atoms with Crippen LogP contribution in [0.4, 0.5) is 0 Å². The molecule has 0 aliphatic carbocycles. The zero-order valence-electron chi connectivity index (χ0n) is 26.0. The average molecular weight is 662 g/mol. The number of allylic oxidation sites excluding steroid dienone is 2. The van der Waals surface area contributed by atoms with E-state index in [1.54, 1.807) is 0 Å². The number of benzene rings is 4. The Labute approximate surface area is 260 Å². The molecule has 0 nitrogen and oxygen atoms in total. The van der Waals surface area contributed by atoms with E-state index in [4.69, 9.17) is 0 Å². The van der Waals surface area contributed by atoms with Crippen LogP contribution in [0.25, 0.3) is 20.0 Å². The molecule has 4 aromatic carbocycles. The summed E-state index contributed by atoms with van der Waals surface area (Å²) >= 11 is -0.490. The van der Waals surface area contributed by atoms with Gasteiger partial charge in [-0.2, -0.15) is 0 Å². The third kappa shape index (κ3) is 7.05. The van der Waals surface area contributed by atoms with E-state index in [0.717, 1.165) is 0 Å². The van der Waals surface area contributed by atoms with Crippen molar-refractivity contribution in [3.8, 4) is 0 Å². The van der Waals surface area contributed by atoms with Gasteiger partial charge >= 0.3 is 179 Å². The minimum atomic E-state index is -0.785. The first-order valence-electron chi connectivity index (χ1n) is 14.6. The second kappa shape index (κ2) is 13.8. The van der Waals surface area contributed by atoms with Gasteiger partial charge in [0, 0.05) is 30.8 Å². The van der Waals surface area contributed by atoms with Crippen molar-refractivity contribution in [3.63, 3.8) is 0 Å². The predicted molar refractivity (Wildman–Crippen MR) is 195 cm³/mol. The summed E-state index contributed by atoms with van der Waals surface area (Å²) in [6, 6.07) is 43.7. The van der Waals surface area contributed by atoms with Gasteiger partial charge < -0.3 is 0 Å². The Bertz CT molecular complexity index is 1360. The molecule has 1 aliphatic heterocycles. The van der Waals surface area contributed by atoms with Gasteiger partial charge in [-0.15, -0.1) is 0 Å². The fourth-order valence-electron chi connectivity index (χ4n) is 5.18. The number of rotatable bonds is 7. The summed E-state index contributed by atoms with van der Waals surface area (Å²) in [5, 5.41) is 0. The fraction of sp³-hybridized carbons (Fsp3) is 0.222. The van der Waals surface area contributed by atoms with Gasteiger partial charge in [0.2, 0.25) is 0 Å². The van der Waals surface area contributed by atoms with Crippen LogP contribution >= 0.6 is 0 Å². The molecule has 0 fully saturated rings. The average Bonchev–Trinajstić information content (AvgIpc) is 3.40. The van der Waals surface area contributed by atoms with Crippen molar-refractivity contribution in [1.29, 1.82) is 0 Å². The third-order valence-electron chi connectivity index (χ3n) is 9.31. The SMILES string of the molecule is C[Si](C)[Si](C)(C)[Si](C)(C)[Si](C)C.c1ccc([C]2=C(c3ccccc3)C(c3ccccc3)=[C](c3ccccc3)[Ge]2)cc1. The molecule has 1 aliphatic rings. The summed E-state index contributed by atoms with van der Waals surface area (Å²) in [4.78, 5) is 0. The molecule has 41 heavy (non-hydrogen) atoms. The molecular formula is C36H44GeSi4. The molecule has 208 valence electrons. The quantitative estimate of drug-likeness (QED) is 0.173. The van der Waals surface area contributed by atoms with Crippen LogP contribution in [0.5, 0.6) is 0 Å². The van der Waals surface area contributed by atoms with Crippen molar-refractivity contribution >= 4 is 66.2 Å². The zero-order chi connectivity index (χ0) is 29.6. The predicted octanol–water partition coefficient (Wildman–Crippen LogP) is 9.99. The van der Waals surface area contributed by atoms with Gasteiger partial charge in [0.25, 0.3) is 0 Å². The summed E-state index contributed by atoms with van der Waals surface area (Å²) in [5.41, 5.74) is 8.12.